The lowest BCUT2D eigenvalue weighted by atomic mass is 9.64. The van der Waals surface area contributed by atoms with Crippen LogP contribution in [0.3, 0.4) is 0 Å². The van der Waals surface area contributed by atoms with Crippen LogP contribution in [0.25, 0.3) is 0 Å². The van der Waals surface area contributed by atoms with Gasteiger partial charge < -0.3 is 15.4 Å². The molecule has 0 saturated carbocycles. The fourth-order valence-corrected chi connectivity index (χ4v) is 4.63. The first-order valence-electron chi connectivity index (χ1n) is 8.93. The second-order valence-electron chi connectivity index (χ2n) is 7.14. The van der Waals surface area contributed by atoms with E-state index < -0.39 is 28.8 Å². The molecule has 2 aromatic carbocycles. The van der Waals surface area contributed by atoms with Crippen LogP contribution in [0.5, 0.6) is 0 Å². The van der Waals surface area contributed by atoms with E-state index in [-0.39, 0.29) is 28.0 Å². The molecule has 7 nitrogen and oxygen atoms in total. The number of ketones is 2. The number of nitrogens with zero attached hydrogens (tertiary/aromatic N) is 2. The van der Waals surface area contributed by atoms with Crippen LogP contribution < -0.4 is 10.6 Å². The molecule has 30 heavy (non-hydrogen) atoms. The lowest BCUT2D eigenvalue weighted by molar-refractivity contribution is -0.120. The van der Waals surface area contributed by atoms with Crippen molar-refractivity contribution in [3.05, 3.63) is 87.0 Å². The van der Waals surface area contributed by atoms with E-state index in [4.69, 9.17) is 22.1 Å². The van der Waals surface area contributed by atoms with E-state index in [2.05, 4.69) is 0 Å². The van der Waals surface area contributed by atoms with Crippen molar-refractivity contribution >= 4 is 34.8 Å². The number of fused-ring (bicyclic) bond motifs is 4. The zero-order chi connectivity index (χ0) is 21.4. The Labute approximate surface area is 175 Å². The van der Waals surface area contributed by atoms with Crippen molar-refractivity contribution in [1.82, 2.24) is 0 Å². The lowest BCUT2D eigenvalue weighted by Gasteiger charge is -2.37. The first-order valence-corrected chi connectivity index (χ1v) is 9.31. The Morgan fingerprint density at radius 1 is 1.10 bits per heavy atom. The van der Waals surface area contributed by atoms with E-state index in [0.29, 0.717) is 16.3 Å². The molecule has 0 radical (unpaired) electrons. The minimum Gasteiger partial charge on any atom is -0.436 e. The van der Waals surface area contributed by atoms with Crippen LogP contribution >= 0.6 is 11.6 Å². The van der Waals surface area contributed by atoms with Gasteiger partial charge in [-0.2, -0.15) is 5.26 Å². The quantitative estimate of drug-likeness (QED) is 0.704. The van der Waals surface area contributed by atoms with Gasteiger partial charge in [0, 0.05) is 34.4 Å². The zero-order valence-electron chi connectivity index (χ0n) is 15.5. The second kappa shape index (κ2) is 5.81. The van der Waals surface area contributed by atoms with Gasteiger partial charge in [0.05, 0.1) is 5.57 Å². The van der Waals surface area contributed by atoms with E-state index in [1.807, 2.05) is 6.07 Å². The molecule has 2 aliphatic heterocycles. The van der Waals surface area contributed by atoms with E-state index in [9.17, 15) is 19.6 Å². The summed E-state index contributed by atoms with van der Waals surface area (Å²) < 4.78 is 5.49. The maximum atomic E-state index is 13.7. The third kappa shape index (κ3) is 1.91. The summed E-state index contributed by atoms with van der Waals surface area (Å²) in [6, 6.07) is 12.9. The normalized spacial score (nSPS) is 22.0. The number of ether oxygens (including phenoxy) is 1. The summed E-state index contributed by atoms with van der Waals surface area (Å²) in [5.41, 5.74) is 4.68. The van der Waals surface area contributed by atoms with Crippen molar-refractivity contribution in [2.24, 2.45) is 5.73 Å². The van der Waals surface area contributed by atoms with Crippen molar-refractivity contribution in [1.29, 1.82) is 5.26 Å². The van der Waals surface area contributed by atoms with Gasteiger partial charge in [-0.3, -0.25) is 14.4 Å². The fraction of sp³-hybridized carbons (Fsp3) is 0.0909. The molecule has 8 heteroatoms. The molecule has 0 bridgehead atoms. The van der Waals surface area contributed by atoms with Gasteiger partial charge in [0.2, 0.25) is 17.6 Å². The lowest BCUT2D eigenvalue weighted by Crippen LogP contribution is -2.49. The molecule has 146 valence electrons. The van der Waals surface area contributed by atoms with Crippen LogP contribution in [-0.4, -0.2) is 24.5 Å². The number of nitrogens with two attached hydrogens (primary N) is 1. The molecule has 0 fully saturated rings. The summed E-state index contributed by atoms with van der Waals surface area (Å²) in [4.78, 5) is 41.8. The number of nitriles is 1. The number of carbonyl (C=O) groups is 3. The minimum absolute atomic E-state index is 0.132. The predicted molar refractivity (Wildman–Crippen MR) is 107 cm³/mol. The van der Waals surface area contributed by atoms with Crippen LogP contribution in [-0.2, 0) is 14.9 Å². The van der Waals surface area contributed by atoms with Crippen molar-refractivity contribution in [2.45, 2.75) is 5.41 Å². The maximum Gasteiger partial charge on any atom is 0.247 e. The van der Waals surface area contributed by atoms with Crippen molar-refractivity contribution in [3.8, 4) is 6.07 Å². The van der Waals surface area contributed by atoms with E-state index in [1.54, 1.807) is 24.3 Å². The van der Waals surface area contributed by atoms with Gasteiger partial charge in [0.25, 0.3) is 0 Å². The van der Waals surface area contributed by atoms with Crippen molar-refractivity contribution in [2.75, 3.05) is 11.9 Å². The monoisotopic (exact) mass is 417 g/mol. The molecule has 1 amide bonds. The largest absolute Gasteiger partial charge is 0.436 e. The number of halogens is 1. The summed E-state index contributed by atoms with van der Waals surface area (Å²) in [6.07, 6.45) is 0. The number of hydrogen-bond acceptors (Lipinski definition) is 6. The summed E-state index contributed by atoms with van der Waals surface area (Å²) in [5, 5.41) is 10.2. The predicted octanol–water partition coefficient (Wildman–Crippen LogP) is 2.61. The number of anilines is 1. The van der Waals surface area contributed by atoms with Gasteiger partial charge in [0.1, 0.15) is 17.1 Å². The summed E-state index contributed by atoms with van der Waals surface area (Å²) in [6.45, 7) is 0. The van der Waals surface area contributed by atoms with Crippen LogP contribution in [0.15, 0.2) is 65.3 Å². The number of carbonyl (C=O) groups excluding carboxylic acids is 3. The number of benzene rings is 2. The third-order valence-electron chi connectivity index (χ3n) is 5.75. The molecule has 0 saturated heterocycles. The Morgan fingerprint density at radius 3 is 2.43 bits per heavy atom. The highest BCUT2D eigenvalue weighted by Crippen LogP contribution is 2.55. The standard InChI is InChI=1S/C22H12ClN3O4/c1-26-15-7-6-10(23)8-13(15)22(21(26)29)14(9-24)20(25)30-19-16(22)17(27)11-4-2-3-5-12(11)18(19)28/h2-8H,25H2,1H3. The van der Waals surface area contributed by atoms with Crippen molar-refractivity contribution in [3.63, 3.8) is 0 Å². The number of amides is 1. The SMILES string of the molecule is CN1C(=O)C2(C(C#N)=C(N)OC3=C2C(=O)c2ccccc2C3=O)c2cc(Cl)ccc21. The molecule has 1 unspecified atom stereocenters. The molecule has 2 heterocycles. The Bertz CT molecular complexity index is 1330. The van der Waals surface area contributed by atoms with Gasteiger partial charge >= 0.3 is 0 Å². The van der Waals surface area contributed by atoms with Gasteiger partial charge in [-0.25, -0.2) is 0 Å². The van der Waals surface area contributed by atoms with E-state index in [1.165, 1.54) is 30.1 Å². The van der Waals surface area contributed by atoms with Crippen LogP contribution in [0.1, 0.15) is 26.3 Å². The first-order chi connectivity index (χ1) is 14.3. The molecule has 2 aromatic rings. The Morgan fingerprint density at radius 2 is 1.77 bits per heavy atom. The third-order valence-corrected chi connectivity index (χ3v) is 5.98. The van der Waals surface area contributed by atoms with Crippen molar-refractivity contribution < 1.29 is 19.1 Å². The molecule has 1 atom stereocenters. The number of likely N-dealkylation sites (N-methyl/N-ethyl adjacent to an activating group) is 1. The summed E-state index contributed by atoms with van der Waals surface area (Å²) >= 11 is 6.21. The van der Waals surface area contributed by atoms with Crippen LogP contribution in [0.2, 0.25) is 5.02 Å². The van der Waals surface area contributed by atoms with Gasteiger partial charge in [-0.1, -0.05) is 35.9 Å². The average molecular weight is 418 g/mol. The highest BCUT2D eigenvalue weighted by molar-refractivity contribution is 6.33. The Hall–Kier alpha value is -3.89. The maximum absolute atomic E-state index is 13.7. The molecule has 2 N–H and O–H groups in total. The molecule has 1 spiro atoms. The number of rotatable bonds is 0. The number of Topliss-reactive ketones (excluding diaryl/α,β-unsaturated/α-hetero) is 2. The highest BCUT2D eigenvalue weighted by Gasteiger charge is 2.63. The molecule has 1 aliphatic carbocycles. The topological polar surface area (TPSA) is 113 Å². The summed E-state index contributed by atoms with van der Waals surface area (Å²) in [7, 11) is 1.52. The fourth-order valence-electron chi connectivity index (χ4n) is 4.46. The average Bonchev–Trinajstić information content (AvgIpc) is 2.94. The minimum atomic E-state index is -1.92. The number of hydrogen-bond donors (Lipinski definition) is 1. The Kier molecular flexibility index (Phi) is 3.52. The van der Waals surface area contributed by atoms with Gasteiger partial charge in [-0.05, 0) is 18.2 Å². The molecule has 5 rings (SSSR count). The first kappa shape index (κ1) is 18.2. The zero-order valence-corrected chi connectivity index (χ0v) is 16.3. The highest BCUT2D eigenvalue weighted by atomic mass is 35.5. The van der Waals surface area contributed by atoms with Gasteiger partial charge in [0.15, 0.2) is 11.5 Å². The van der Waals surface area contributed by atoms with Crippen LogP contribution in [0, 0.1) is 11.3 Å². The van der Waals surface area contributed by atoms with Crippen LogP contribution in [0.4, 0.5) is 5.69 Å². The molecule has 0 aromatic heterocycles. The molecular weight excluding hydrogens is 406 g/mol. The second-order valence-corrected chi connectivity index (χ2v) is 7.57. The summed E-state index contributed by atoms with van der Waals surface area (Å²) in [5.74, 6) is -2.48. The van der Waals surface area contributed by atoms with Gasteiger partial charge in [-0.15, -0.1) is 0 Å². The van der Waals surface area contributed by atoms with E-state index in [0.717, 1.165) is 0 Å². The molecule has 3 aliphatic rings. The molecular formula is C22H12ClN3O4. The number of allylic oxidation sites excluding steroid dienone is 1. The smallest absolute Gasteiger partial charge is 0.247 e. The Balaban J connectivity index is 1.95. The van der Waals surface area contributed by atoms with E-state index >= 15 is 0 Å².